The molecule has 0 radical (unpaired) electrons. The summed E-state index contributed by atoms with van der Waals surface area (Å²) in [4.78, 5) is 4.22. The van der Waals surface area contributed by atoms with Crippen LogP contribution < -0.4 is 11.1 Å². The Morgan fingerprint density at radius 3 is 2.41 bits per heavy atom. The molecule has 17 heavy (non-hydrogen) atoms. The fourth-order valence-electron chi connectivity index (χ4n) is 1.38. The predicted molar refractivity (Wildman–Crippen MR) is 69.5 cm³/mol. The molecule has 0 aromatic heterocycles. The van der Waals surface area contributed by atoms with Gasteiger partial charge in [-0.15, -0.1) is 0 Å². The summed E-state index contributed by atoms with van der Waals surface area (Å²) in [7, 11) is 0. The molecule has 1 rings (SSSR count). The Bertz CT molecular complexity index is 377. The first-order valence-electron chi connectivity index (χ1n) is 5.69. The van der Waals surface area contributed by atoms with E-state index in [1.165, 1.54) is 12.1 Å². The van der Waals surface area contributed by atoms with Crippen LogP contribution in [0.1, 0.15) is 26.3 Å². The zero-order valence-electron chi connectivity index (χ0n) is 10.6. The lowest BCUT2D eigenvalue weighted by Gasteiger charge is -2.20. The van der Waals surface area contributed by atoms with E-state index in [2.05, 4.69) is 10.3 Å². The summed E-state index contributed by atoms with van der Waals surface area (Å²) in [6.07, 6.45) is 0.757. The standard InChI is InChI=1S/C13H20FN3/c1-13(2,3)17-12(15)16-9-8-10-4-6-11(14)7-5-10/h4-7H,8-9H2,1-3H3,(H3,15,16,17). The van der Waals surface area contributed by atoms with Gasteiger partial charge in [0.15, 0.2) is 5.96 Å². The van der Waals surface area contributed by atoms with Crippen molar-refractivity contribution in [1.82, 2.24) is 5.32 Å². The highest BCUT2D eigenvalue weighted by atomic mass is 19.1. The van der Waals surface area contributed by atoms with Crippen molar-refractivity contribution in [2.75, 3.05) is 6.54 Å². The van der Waals surface area contributed by atoms with E-state index in [9.17, 15) is 4.39 Å². The van der Waals surface area contributed by atoms with Gasteiger partial charge >= 0.3 is 0 Å². The highest BCUT2D eigenvalue weighted by Crippen LogP contribution is 2.03. The molecule has 94 valence electrons. The van der Waals surface area contributed by atoms with Crippen molar-refractivity contribution in [2.24, 2.45) is 10.7 Å². The van der Waals surface area contributed by atoms with E-state index in [1.54, 1.807) is 12.1 Å². The molecule has 0 aliphatic carbocycles. The average molecular weight is 237 g/mol. The van der Waals surface area contributed by atoms with Gasteiger partial charge in [-0.1, -0.05) is 12.1 Å². The molecule has 0 heterocycles. The van der Waals surface area contributed by atoms with Crippen molar-refractivity contribution in [2.45, 2.75) is 32.7 Å². The van der Waals surface area contributed by atoms with Crippen molar-refractivity contribution in [3.63, 3.8) is 0 Å². The van der Waals surface area contributed by atoms with Gasteiger partial charge in [-0.2, -0.15) is 0 Å². The fourth-order valence-corrected chi connectivity index (χ4v) is 1.38. The molecular weight excluding hydrogens is 217 g/mol. The molecule has 0 aliphatic rings. The highest BCUT2D eigenvalue weighted by molar-refractivity contribution is 5.78. The van der Waals surface area contributed by atoms with E-state index in [1.807, 2.05) is 20.8 Å². The summed E-state index contributed by atoms with van der Waals surface area (Å²) in [5, 5.41) is 3.08. The number of aliphatic imine (C=N–C) groups is 1. The molecular formula is C13H20FN3. The molecule has 0 aliphatic heterocycles. The molecule has 0 amide bonds. The third-order valence-corrected chi connectivity index (χ3v) is 2.10. The summed E-state index contributed by atoms with van der Waals surface area (Å²) < 4.78 is 12.7. The van der Waals surface area contributed by atoms with Crippen LogP contribution in [0.25, 0.3) is 0 Å². The minimum atomic E-state index is -0.217. The number of benzene rings is 1. The smallest absolute Gasteiger partial charge is 0.188 e. The van der Waals surface area contributed by atoms with E-state index >= 15 is 0 Å². The van der Waals surface area contributed by atoms with E-state index in [4.69, 9.17) is 5.73 Å². The van der Waals surface area contributed by atoms with Gasteiger partial charge in [0.25, 0.3) is 0 Å². The lowest BCUT2D eigenvalue weighted by molar-refractivity contribution is 0.508. The molecule has 1 aromatic carbocycles. The minimum absolute atomic E-state index is 0.0799. The second kappa shape index (κ2) is 5.66. The monoisotopic (exact) mass is 237 g/mol. The summed E-state index contributed by atoms with van der Waals surface area (Å²) in [5.41, 5.74) is 6.70. The Labute approximate surface area is 102 Å². The summed E-state index contributed by atoms with van der Waals surface area (Å²) in [6, 6.07) is 6.43. The molecule has 4 heteroatoms. The van der Waals surface area contributed by atoms with Gasteiger partial charge in [0, 0.05) is 12.1 Å². The number of guanidine groups is 1. The van der Waals surface area contributed by atoms with E-state index in [0.717, 1.165) is 12.0 Å². The van der Waals surface area contributed by atoms with Crippen LogP contribution in [-0.2, 0) is 6.42 Å². The summed E-state index contributed by atoms with van der Waals surface area (Å²) in [6.45, 7) is 6.67. The topological polar surface area (TPSA) is 50.4 Å². The maximum atomic E-state index is 12.7. The van der Waals surface area contributed by atoms with Gasteiger partial charge in [0.2, 0.25) is 0 Å². The molecule has 0 bridgehead atoms. The first kappa shape index (κ1) is 13.5. The molecule has 0 atom stereocenters. The highest BCUT2D eigenvalue weighted by Gasteiger charge is 2.09. The number of nitrogens with one attached hydrogen (secondary N) is 1. The molecule has 0 spiro atoms. The summed E-state index contributed by atoms with van der Waals surface area (Å²) >= 11 is 0. The number of nitrogens with zero attached hydrogens (tertiary/aromatic N) is 1. The number of hydrogen-bond acceptors (Lipinski definition) is 1. The van der Waals surface area contributed by atoms with Crippen LogP contribution in [0.3, 0.4) is 0 Å². The maximum Gasteiger partial charge on any atom is 0.188 e. The Morgan fingerprint density at radius 1 is 1.29 bits per heavy atom. The quantitative estimate of drug-likeness (QED) is 0.624. The van der Waals surface area contributed by atoms with Crippen LogP contribution in [0.15, 0.2) is 29.3 Å². The SMILES string of the molecule is CC(C)(C)NC(N)=NCCc1ccc(F)cc1. The second-order valence-corrected chi connectivity index (χ2v) is 5.02. The Balaban J connectivity index is 2.41. The van der Waals surface area contributed by atoms with E-state index in [-0.39, 0.29) is 11.4 Å². The van der Waals surface area contributed by atoms with Crippen LogP contribution >= 0.6 is 0 Å². The van der Waals surface area contributed by atoms with Crippen molar-refractivity contribution in [1.29, 1.82) is 0 Å². The van der Waals surface area contributed by atoms with Crippen LogP contribution in [0.2, 0.25) is 0 Å². The van der Waals surface area contributed by atoms with Crippen LogP contribution in [0.4, 0.5) is 4.39 Å². The Morgan fingerprint density at radius 2 is 1.88 bits per heavy atom. The molecule has 3 nitrogen and oxygen atoms in total. The zero-order valence-corrected chi connectivity index (χ0v) is 10.6. The molecule has 0 saturated heterocycles. The second-order valence-electron chi connectivity index (χ2n) is 5.02. The molecule has 0 unspecified atom stereocenters. The Hall–Kier alpha value is -1.58. The molecule has 3 N–H and O–H groups in total. The predicted octanol–water partition coefficient (Wildman–Crippen LogP) is 2.07. The largest absolute Gasteiger partial charge is 0.370 e. The van der Waals surface area contributed by atoms with Gasteiger partial charge < -0.3 is 11.1 Å². The fraction of sp³-hybridized carbons (Fsp3) is 0.462. The lowest BCUT2D eigenvalue weighted by Crippen LogP contribution is -2.45. The number of nitrogens with two attached hydrogens (primary N) is 1. The van der Waals surface area contributed by atoms with Crippen LogP contribution in [0.5, 0.6) is 0 Å². The third-order valence-electron chi connectivity index (χ3n) is 2.10. The number of rotatable bonds is 3. The zero-order chi connectivity index (χ0) is 12.9. The third kappa shape index (κ3) is 5.90. The maximum absolute atomic E-state index is 12.7. The van der Waals surface area contributed by atoms with Crippen LogP contribution in [-0.4, -0.2) is 18.0 Å². The van der Waals surface area contributed by atoms with E-state index in [0.29, 0.717) is 12.5 Å². The number of halogens is 1. The lowest BCUT2D eigenvalue weighted by atomic mass is 10.1. The van der Waals surface area contributed by atoms with Crippen LogP contribution in [0, 0.1) is 5.82 Å². The molecule has 0 saturated carbocycles. The van der Waals surface area contributed by atoms with Gasteiger partial charge in [0.05, 0.1) is 0 Å². The van der Waals surface area contributed by atoms with Gasteiger partial charge in [0.1, 0.15) is 5.82 Å². The van der Waals surface area contributed by atoms with Gasteiger partial charge in [-0.3, -0.25) is 4.99 Å². The Kier molecular flexibility index (Phi) is 4.49. The van der Waals surface area contributed by atoms with Crippen molar-refractivity contribution >= 4 is 5.96 Å². The van der Waals surface area contributed by atoms with Crippen molar-refractivity contribution in [3.8, 4) is 0 Å². The average Bonchev–Trinajstić information content (AvgIpc) is 2.18. The molecule has 0 fully saturated rings. The van der Waals surface area contributed by atoms with E-state index < -0.39 is 0 Å². The first-order valence-corrected chi connectivity index (χ1v) is 5.69. The first-order chi connectivity index (χ1) is 7.87. The van der Waals surface area contributed by atoms with Crippen molar-refractivity contribution < 1.29 is 4.39 Å². The van der Waals surface area contributed by atoms with Gasteiger partial charge in [-0.05, 0) is 44.9 Å². The normalized spacial score (nSPS) is 12.6. The molecule has 1 aromatic rings. The number of hydrogen-bond donors (Lipinski definition) is 2. The summed E-state index contributed by atoms with van der Waals surface area (Å²) in [5.74, 6) is 0.228. The van der Waals surface area contributed by atoms with Gasteiger partial charge in [-0.25, -0.2) is 4.39 Å². The minimum Gasteiger partial charge on any atom is -0.370 e. The van der Waals surface area contributed by atoms with Crippen molar-refractivity contribution in [3.05, 3.63) is 35.6 Å².